The van der Waals surface area contributed by atoms with Gasteiger partial charge in [-0.3, -0.25) is 0 Å². The van der Waals surface area contributed by atoms with Gasteiger partial charge in [-0.15, -0.1) is 0 Å². The van der Waals surface area contributed by atoms with Crippen molar-refractivity contribution in [2.24, 2.45) is 29.1 Å². The minimum atomic E-state index is 0.809. The molecular weight excluding hydrogens is 168 g/mol. The van der Waals surface area contributed by atoms with E-state index in [-0.39, 0.29) is 0 Å². The van der Waals surface area contributed by atoms with Gasteiger partial charge in [0.25, 0.3) is 0 Å². The Labute approximate surface area is 88.5 Å². The van der Waals surface area contributed by atoms with Crippen LogP contribution in [0.5, 0.6) is 0 Å². The average molecular weight is 192 g/mol. The topological polar surface area (TPSA) is 0 Å². The molecule has 0 aliphatic heterocycles. The second-order valence-corrected chi connectivity index (χ2v) is 6.34. The molecule has 0 N–H and O–H groups in total. The second-order valence-electron chi connectivity index (χ2n) is 6.34. The highest BCUT2D eigenvalue weighted by Gasteiger charge is 2.54. The summed E-state index contributed by atoms with van der Waals surface area (Å²) in [5.41, 5.74) is 0.809. The molecule has 4 rings (SSSR count). The lowest BCUT2D eigenvalue weighted by Gasteiger charge is -2.61. The maximum Gasteiger partial charge on any atom is -0.0264 e. The molecule has 0 aromatic carbocycles. The Morgan fingerprint density at radius 1 is 1.00 bits per heavy atom. The van der Waals surface area contributed by atoms with E-state index in [1.165, 1.54) is 12.8 Å². The standard InChI is InChI=1S/C14H24/c1-3-13-12-6-10-5-11(7-12)9-14(13,4-2)8-10/h10-13H,3-9H2,1-2H3. The summed E-state index contributed by atoms with van der Waals surface area (Å²) in [5.74, 6) is 4.50. The van der Waals surface area contributed by atoms with Gasteiger partial charge in [0.1, 0.15) is 0 Å². The van der Waals surface area contributed by atoms with E-state index in [1.807, 2.05) is 0 Å². The van der Waals surface area contributed by atoms with E-state index in [0.717, 1.165) is 29.1 Å². The van der Waals surface area contributed by atoms with Crippen molar-refractivity contribution in [2.45, 2.75) is 58.8 Å². The Morgan fingerprint density at radius 3 is 2.14 bits per heavy atom. The first-order valence-corrected chi connectivity index (χ1v) is 6.77. The molecule has 0 aromatic heterocycles. The van der Waals surface area contributed by atoms with E-state index in [1.54, 1.807) is 32.1 Å². The lowest BCUT2D eigenvalue weighted by atomic mass is 9.44. The maximum atomic E-state index is 2.45. The Balaban J connectivity index is 1.94. The Morgan fingerprint density at radius 2 is 1.64 bits per heavy atom. The molecule has 0 radical (unpaired) electrons. The number of hydrogen-bond acceptors (Lipinski definition) is 0. The van der Waals surface area contributed by atoms with E-state index < -0.39 is 0 Å². The molecular formula is C14H24. The van der Waals surface area contributed by atoms with Crippen LogP contribution in [0, 0.1) is 29.1 Å². The van der Waals surface area contributed by atoms with Gasteiger partial charge in [0, 0.05) is 0 Å². The second kappa shape index (κ2) is 3.00. The van der Waals surface area contributed by atoms with Gasteiger partial charge in [-0.25, -0.2) is 0 Å². The molecule has 4 fully saturated rings. The lowest BCUT2D eigenvalue weighted by Crippen LogP contribution is -2.52. The van der Waals surface area contributed by atoms with Crippen molar-refractivity contribution in [1.29, 1.82) is 0 Å². The van der Waals surface area contributed by atoms with Crippen molar-refractivity contribution in [1.82, 2.24) is 0 Å². The van der Waals surface area contributed by atoms with Crippen LogP contribution in [-0.2, 0) is 0 Å². The molecule has 0 spiro atoms. The quantitative estimate of drug-likeness (QED) is 0.613. The largest absolute Gasteiger partial charge is 0.0651 e. The average Bonchev–Trinajstić information content (AvgIpc) is 2.16. The van der Waals surface area contributed by atoms with Crippen LogP contribution in [0.3, 0.4) is 0 Å². The van der Waals surface area contributed by atoms with Gasteiger partial charge >= 0.3 is 0 Å². The van der Waals surface area contributed by atoms with Crippen molar-refractivity contribution >= 4 is 0 Å². The van der Waals surface area contributed by atoms with Crippen molar-refractivity contribution in [2.75, 3.05) is 0 Å². The predicted octanol–water partition coefficient (Wildman–Crippen LogP) is 4.25. The van der Waals surface area contributed by atoms with E-state index >= 15 is 0 Å². The van der Waals surface area contributed by atoms with Gasteiger partial charge in [-0.05, 0) is 61.2 Å². The minimum absolute atomic E-state index is 0.809. The van der Waals surface area contributed by atoms with Crippen LogP contribution in [0.25, 0.3) is 0 Å². The number of hydrogen-bond donors (Lipinski definition) is 0. The van der Waals surface area contributed by atoms with E-state index in [0.29, 0.717) is 0 Å². The van der Waals surface area contributed by atoms with Crippen molar-refractivity contribution in [3.63, 3.8) is 0 Å². The van der Waals surface area contributed by atoms with Gasteiger partial charge in [-0.1, -0.05) is 26.7 Å². The summed E-state index contributed by atoms with van der Waals surface area (Å²) in [5, 5.41) is 0. The summed E-state index contributed by atoms with van der Waals surface area (Å²) in [6.07, 6.45) is 10.9. The van der Waals surface area contributed by atoms with E-state index in [9.17, 15) is 0 Å². The summed E-state index contributed by atoms with van der Waals surface area (Å²) >= 11 is 0. The molecule has 4 aliphatic rings. The molecule has 14 heavy (non-hydrogen) atoms. The van der Waals surface area contributed by atoms with Gasteiger partial charge in [0.2, 0.25) is 0 Å². The molecule has 0 saturated heterocycles. The number of rotatable bonds is 2. The molecule has 4 aliphatic carbocycles. The summed E-state index contributed by atoms with van der Waals surface area (Å²) < 4.78 is 0. The first-order chi connectivity index (χ1) is 6.77. The zero-order valence-corrected chi connectivity index (χ0v) is 9.76. The maximum absolute atomic E-state index is 2.45. The Hall–Kier alpha value is 0. The molecule has 4 saturated carbocycles. The molecule has 0 heteroatoms. The molecule has 3 atom stereocenters. The predicted molar refractivity (Wildman–Crippen MR) is 60.1 cm³/mol. The van der Waals surface area contributed by atoms with Crippen LogP contribution in [0.4, 0.5) is 0 Å². The van der Waals surface area contributed by atoms with Gasteiger partial charge in [-0.2, -0.15) is 0 Å². The fourth-order valence-corrected chi connectivity index (χ4v) is 5.63. The SMILES string of the molecule is CCC1C2CC3CC(C2)CC1(CC)C3. The highest BCUT2D eigenvalue weighted by Crippen LogP contribution is 2.64. The third-order valence-corrected chi connectivity index (χ3v) is 5.83. The summed E-state index contributed by atoms with van der Waals surface area (Å²) in [6.45, 7) is 4.89. The van der Waals surface area contributed by atoms with Crippen molar-refractivity contribution in [3.05, 3.63) is 0 Å². The molecule has 0 aromatic rings. The van der Waals surface area contributed by atoms with Gasteiger partial charge < -0.3 is 0 Å². The highest BCUT2D eigenvalue weighted by molar-refractivity contribution is 5.04. The van der Waals surface area contributed by atoms with E-state index in [4.69, 9.17) is 0 Å². The Kier molecular flexibility index (Phi) is 1.98. The molecule has 0 nitrogen and oxygen atoms in total. The zero-order chi connectivity index (χ0) is 9.76. The third kappa shape index (κ3) is 1.06. The summed E-state index contributed by atoms with van der Waals surface area (Å²) in [6, 6.07) is 0. The van der Waals surface area contributed by atoms with Crippen LogP contribution < -0.4 is 0 Å². The molecule has 80 valence electrons. The van der Waals surface area contributed by atoms with Crippen LogP contribution >= 0.6 is 0 Å². The zero-order valence-electron chi connectivity index (χ0n) is 9.76. The minimum Gasteiger partial charge on any atom is -0.0651 e. The first kappa shape index (κ1) is 9.24. The van der Waals surface area contributed by atoms with Gasteiger partial charge in [0.05, 0.1) is 0 Å². The lowest BCUT2D eigenvalue weighted by molar-refractivity contribution is -0.112. The normalized spacial score (nSPS) is 55.3. The van der Waals surface area contributed by atoms with E-state index in [2.05, 4.69) is 13.8 Å². The van der Waals surface area contributed by atoms with Crippen LogP contribution in [0.2, 0.25) is 0 Å². The fourth-order valence-electron chi connectivity index (χ4n) is 5.63. The monoisotopic (exact) mass is 192 g/mol. The molecule has 0 heterocycles. The molecule has 3 unspecified atom stereocenters. The Bertz CT molecular complexity index is 216. The third-order valence-electron chi connectivity index (χ3n) is 5.83. The van der Waals surface area contributed by atoms with Crippen LogP contribution in [0.15, 0.2) is 0 Å². The smallest absolute Gasteiger partial charge is 0.0264 e. The summed E-state index contributed by atoms with van der Waals surface area (Å²) in [4.78, 5) is 0. The van der Waals surface area contributed by atoms with Crippen molar-refractivity contribution in [3.8, 4) is 0 Å². The highest BCUT2D eigenvalue weighted by atomic mass is 14.6. The van der Waals surface area contributed by atoms with Gasteiger partial charge in [0.15, 0.2) is 0 Å². The van der Waals surface area contributed by atoms with Crippen LogP contribution in [0.1, 0.15) is 58.8 Å². The molecule has 4 bridgehead atoms. The first-order valence-electron chi connectivity index (χ1n) is 6.77. The van der Waals surface area contributed by atoms with Crippen LogP contribution in [-0.4, -0.2) is 0 Å². The fraction of sp³-hybridized carbons (Fsp3) is 1.00. The van der Waals surface area contributed by atoms with Crippen molar-refractivity contribution < 1.29 is 0 Å². The summed E-state index contributed by atoms with van der Waals surface area (Å²) in [7, 11) is 0. The molecule has 0 amide bonds.